The summed E-state index contributed by atoms with van der Waals surface area (Å²) >= 11 is 3.27. The Kier molecular flexibility index (Phi) is 49.1. The van der Waals surface area contributed by atoms with E-state index in [0.717, 1.165) is 23.1 Å². The molecule has 0 fully saturated rings. The van der Waals surface area contributed by atoms with Crippen LogP contribution in [0.3, 0.4) is 0 Å². The number of hydrogen-bond acceptors (Lipinski definition) is 4. The Morgan fingerprint density at radius 3 is 0.967 bits per heavy atom. The number of anilines is 1. The van der Waals surface area contributed by atoms with Gasteiger partial charge in [-0.05, 0) is 87.3 Å². The lowest BCUT2D eigenvalue weighted by Crippen LogP contribution is -2.25. The van der Waals surface area contributed by atoms with E-state index in [4.69, 9.17) is 10.5 Å². The Labute approximate surface area is 383 Å². The van der Waals surface area contributed by atoms with E-state index < -0.39 is 0 Å². The van der Waals surface area contributed by atoms with E-state index in [2.05, 4.69) is 72.0 Å². The molecule has 0 aliphatic heterocycles. The summed E-state index contributed by atoms with van der Waals surface area (Å²) in [5.41, 5.74) is 2.74. The Bertz CT molecular complexity index is 1160. The molecule has 2 aromatic carbocycles. The van der Waals surface area contributed by atoms with Crippen molar-refractivity contribution >= 4 is 21.6 Å². The van der Waals surface area contributed by atoms with Gasteiger partial charge in [-0.3, -0.25) is 0 Å². The maximum atomic E-state index is 9.06. The molecule has 0 aromatic heterocycles. The van der Waals surface area contributed by atoms with E-state index in [0.29, 0.717) is 5.56 Å². The van der Waals surface area contributed by atoms with Crippen molar-refractivity contribution in [2.45, 2.75) is 241 Å². The molecular formula is C55H97BrN4. The molecule has 2 rings (SSSR count). The second kappa shape index (κ2) is 49.3. The van der Waals surface area contributed by atoms with E-state index in [1.807, 2.05) is 30.3 Å². The number of benzene rings is 2. The predicted octanol–water partition coefficient (Wildman–Crippen LogP) is 18.5. The van der Waals surface area contributed by atoms with Gasteiger partial charge < -0.3 is 10.2 Å². The van der Waals surface area contributed by atoms with E-state index >= 15 is 0 Å². The molecular weight excluding hydrogens is 797 g/mol. The van der Waals surface area contributed by atoms with Crippen molar-refractivity contribution in [2.24, 2.45) is 0 Å². The molecule has 0 atom stereocenters. The third kappa shape index (κ3) is 41.0. The first-order chi connectivity index (χ1) is 29.1. The zero-order chi connectivity index (χ0) is 43.1. The smallest absolute Gasteiger partial charge is 0.0991 e. The SMILES string of the molecule is C.CCCCCCCCCCN(CCCCCCCCCC)c1ccc(C#N)cc1.CCCCCCCCCCNCCCCCCCCCC.N#Cc1ccc(Br)cc1. The van der Waals surface area contributed by atoms with Crippen LogP contribution in [0.5, 0.6) is 0 Å². The number of nitrogens with zero attached hydrogens (tertiary/aromatic N) is 3. The highest BCUT2D eigenvalue weighted by atomic mass is 79.9. The molecule has 0 amide bonds. The standard InChI is InChI=1S/C27H46N2.C20H43N.C7H4BrN.CH4/c1-3-5-7-9-11-13-15-17-23-29(27-21-19-26(25-28)20-22-27)24-18-16-14-12-10-8-6-4-2;1-3-5-7-9-11-13-15-17-19-21-20-18-16-14-12-10-8-6-4-2;8-7-3-1-6(5-9)2-4-7;/h19-22H,3-18,23-24H2,1-2H3;21H,3-20H2,1-2H3;1-4H;1H4. The third-order valence-corrected chi connectivity index (χ3v) is 11.8. The lowest BCUT2D eigenvalue weighted by molar-refractivity contribution is 0.532. The van der Waals surface area contributed by atoms with Crippen molar-refractivity contribution in [3.63, 3.8) is 0 Å². The first kappa shape index (κ1) is 59.8. The molecule has 0 radical (unpaired) electrons. The lowest BCUT2D eigenvalue weighted by atomic mass is 10.1. The normalized spacial score (nSPS) is 10.4. The quantitative estimate of drug-likeness (QED) is 0.0687. The maximum Gasteiger partial charge on any atom is 0.0991 e. The van der Waals surface area contributed by atoms with E-state index in [1.165, 1.54) is 224 Å². The van der Waals surface area contributed by atoms with Crippen molar-refractivity contribution < 1.29 is 0 Å². The van der Waals surface area contributed by atoms with E-state index in [1.54, 1.807) is 12.1 Å². The molecule has 4 nitrogen and oxygen atoms in total. The first-order valence-corrected chi connectivity index (χ1v) is 26.0. The highest BCUT2D eigenvalue weighted by Gasteiger charge is 2.07. The molecule has 2 aromatic rings. The zero-order valence-corrected chi connectivity index (χ0v) is 40.9. The van der Waals surface area contributed by atoms with Gasteiger partial charge in [0.1, 0.15) is 0 Å². The first-order valence-electron chi connectivity index (χ1n) is 25.2. The van der Waals surface area contributed by atoms with Gasteiger partial charge in [0.2, 0.25) is 0 Å². The van der Waals surface area contributed by atoms with Crippen molar-refractivity contribution in [1.82, 2.24) is 5.32 Å². The molecule has 60 heavy (non-hydrogen) atoms. The number of nitrogens with one attached hydrogen (secondary N) is 1. The van der Waals surface area contributed by atoms with Crippen LogP contribution in [0.4, 0.5) is 5.69 Å². The summed E-state index contributed by atoms with van der Waals surface area (Å²) in [5.74, 6) is 0. The molecule has 0 heterocycles. The molecule has 0 bridgehead atoms. The fourth-order valence-corrected chi connectivity index (χ4v) is 7.67. The topological polar surface area (TPSA) is 62.9 Å². The summed E-state index contributed by atoms with van der Waals surface area (Å²) in [5, 5.41) is 21.0. The largest absolute Gasteiger partial charge is 0.372 e. The van der Waals surface area contributed by atoms with Crippen LogP contribution in [-0.4, -0.2) is 26.2 Å². The van der Waals surface area contributed by atoms with Gasteiger partial charge in [0.15, 0.2) is 0 Å². The molecule has 0 unspecified atom stereocenters. The monoisotopic (exact) mass is 893 g/mol. The third-order valence-electron chi connectivity index (χ3n) is 11.3. The molecule has 0 aliphatic carbocycles. The summed E-state index contributed by atoms with van der Waals surface area (Å²) in [7, 11) is 0. The van der Waals surface area contributed by atoms with E-state index in [9.17, 15) is 0 Å². The Balaban J connectivity index is 0. The summed E-state index contributed by atoms with van der Waals surface area (Å²) in [6.45, 7) is 13.9. The number of rotatable bonds is 37. The van der Waals surface area contributed by atoms with Crippen LogP contribution in [0, 0.1) is 22.7 Å². The molecule has 0 saturated heterocycles. The molecule has 0 aliphatic rings. The van der Waals surface area contributed by atoms with Crippen LogP contribution < -0.4 is 10.2 Å². The number of unbranched alkanes of at least 4 members (excludes halogenated alkanes) is 28. The Hall–Kier alpha value is -2.34. The van der Waals surface area contributed by atoms with Crippen molar-refractivity contribution in [1.29, 1.82) is 10.5 Å². The number of halogens is 1. The second-order valence-electron chi connectivity index (χ2n) is 16.9. The summed E-state index contributed by atoms with van der Waals surface area (Å²) < 4.78 is 1.00. The van der Waals surface area contributed by atoms with Crippen LogP contribution in [0.1, 0.15) is 252 Å². The van der Waals surface area contributed by atoms with Gasteiger partial charge in [-0.1, -0.05) is 231 Å². The molecule has 0 saturated carbocycles. The Morgan fingerprint density at radius 2 is 0.667 bits per heavy atom. The van der Waals surface area contributed by atoms with Gasteiger partial charge in [0.05, 0.1) is 23.3 Å². The van der Waals surface area contributed by atoms with Crippen LogP contribution >= 0.6 is 15.9 Å². The minimum atomic E-state index is 0. The summed E-state index contributed by atoms with van der Waals surface area (Å²) in [4.78, 5) is 2.55. The van der Waals surface area contributed by atoms with Crippen LogP contribution in [0.15, 0.2) is 53.0 Å². The van der Waals surface area contributed by atoms with Crippen molar-refractivity contribution in [3.05, 3.63) is 64.1 Å². The molecule has 1 N–H and O–H groups in total. The van der Waals surface area contributed by atoms with Gasteiger partial charge in [-0.15, -0.1) is 0 Å². The van der Waals surface area contributed by atoms with Crippen LogP contribution in [-0.2, 0) is 0 Å². The highest BCUT2D eigenvalue weighted by Crippen LogP contribution is 2.19. The van der Waals surface area contributed by atoms with Crippen molar-refractivity contribution in [3.8, 4) is 12.1 Å². The number of hydrogen-bond donors (Lipinski definition) is 1. The highest BCUT2D eigenvalue weighted by molar-refractivity contribution is 9.10. The fourth-order valence-electron chi connectivity index (χ4n) is 7.41. The zero-order valence-electron chi connectivity index (χ0n) is 39.3. The van der Waals surface area contributed by atoms with Gasteiger partial charge >= 0.3 is 0 Å². The van der Waals surface area contributed by atoms with E-state index in [-0.39, 0.29) is 7.43 Å². The minimum Gasteiger partial charge on any atom is -0.372 e. The average Bonchev–Trinajstić information content (AvgIpc) is 3.26. The van der Waals surface area contributed by atoms with Gasteiger partial charge in [0, 0.05) is 23.2 Å². The second-order valence-corrected chi connectivity index (χ2v) is 17.8. The van der Waals surface area contributed by atoms with Gasteiger partial charge in [-0.25, -0.2) is 0 Å². The molecule has 0 spiro atoms. The molecule has 5 heteroatoms. The summed E-state index contributed by atoms with van der Waals surface area (Å²) in [6, 6.07) is 19.7. The minimum absolute atomic E-state index is 0. The predicted molar refractivity (Wildman–Crippen MR) is 272 cm³/mol. The maximum absolute atomic E-state index is 9.06. The van der Waals surface area contributed by atoms with Gasteiger partial charge in [-0.2, -0.15) is 10.5 Å². The number of nitriles is 2. The molecule has 344 valence electrons. The van der Waals surface area contributed by atoms with Gasteiger partial charge in [0.25, 0.3) is 0 Å². The average molecular weight is 894 g/mol. The Morgan fingerprint density at radius 1 is 0.400 bits per heavy atom. The lowest BCUT2D eigenvalue weighted by Gasteiger charge is -2.25. The summed E-state index contributed by atoms with van der Waals surface area (Å²) in [6.07, 6.45) is 44.7. The van der Waals surface area contributed by atoms with Crippen LogP contribution in [0.25, 0.3) is 0 Å². The van der Waals surface area contributed by atoms with Crippen molar-refractivity contribution in [2.75, 3.05) is 31.1 Å². The fraction of sp³-hybridized carbons (Fsp3) is 0.745. The van der Waals surface area contributed by atoms with Crippen LogP contribution in [0.2, 0.25) is 0 Å².